The second-order valence-corrected chi connectivity index (χ2v) is 6.46. The largest absolute Gasteiger partial charge is 0.497 e. The van der Waals surface area contributed by atoms with Gasteiger partial charge in [0.25, 0.3) is 5.91 Å². The third-order valence-corrected chi connectivity index (χ3v) is 4.97. The van der Waals surface area contributed by atoms with E-state index in [9.17, 15) is 4.79 Å². The molecule has 3 rings (SSSR count). The highest BCUT2D eigenvalue weighted by Crippen LogP contribution is 2.29. The first-order chi connectivity index (χ1) is 11.3. The third-order valence-electron chi connectivity index (χ3n) is 4.27. The molecule has 4 nitrogen and oxygen atoms in total. The van der Waals surface area contributed by atoms with Crippen molar-refractivity contribution in [3.63, 3.8) is 0 Å². The summed E-state index contributed by atoms with van der Waals surface area (Å²) in [7, 11) is 1.61. The van der Waals surface area contributed by atoms with Crippen molar-refractivity contribution in [2.75, 3.05) is 26.8 Å². The van der Waals surface area contributed by atoms with Crippen LogP contribution in [0.15, 0.2) is 41.1 Å². The second kappa shape index (κ2) is 7.51. The molecule has 1 aromatic carbocycles. The van der Waals surface area contributed by atoms with E-state index in [4.69, 9.17) is 9.47 Å². The fourth-order valence-electron chi connectivity index (χ4n) is 2.90. The number of benzene rings is 1. The van der Waals surface area contributed by atoms with Crippen molar-refractivity contribution in [3.05, 3.63) is 46.7 Å². The van der Waals surface area contributed by atoms with Gasteiger partial charge in [0.05, 0.1) is 7.11 Å². The van der Waals surface area contributed by atoms with Crippen molar-refractivity contribution < 1.29 is 14.3 Å². The first-order valence-corrected chi connectivity index (χ1v) is 8.77. The lowest BCUT2D eigenvalue weighted by Crippen LogP contribution is -2.40. The van der Waals surface area contributed by atoms with Crippen molar-refractivity contribution in [1.29, 1.82) is 0 Å². The molecule has 0 atom stereocenters. The van der Waals surface area contributed by atoms with E-state index >= 15 is 0 Å². The number of amides is 1. The van der Waals surface area contributed by atoms with Gasteiger partial charge in [-0.3, -0.25) is 4.79 Å². The fourth-order valence-corrected chi connectivity index (χ4v) is 3.64. The van der Waals surface area contributed by atoms with Crippen LogP contribution < -0.4 is 9.47 Å². The predicted molar refractivity (Wildman–Crippen MR) is 91.4 cm³/mol. The number of carbonyl (C=O) groups excluding carboxylic acids is 1. The van der Waals surface area contributed by atoms with Gasteiger partial charge in [-0.2, -0.15) is 11.3 Å². The van der Waals surface area contributed by atoms with Crippen LogP contribution in [0.2, 0.25) is 0 Å². The van der Waals surface area contributed by atoms with Crippen LogP contribution in [0.5, 0.6) is 11.5 Å². The summed E-state index contributed by atoms with van der Waals surface area (Å²) in [5.41, 5.74) is 1.41. The highest BCUT2D eigenvalue weighted by molar-refractivity contribution is 7.07. The molecule has 2 heterocycles. The number of hydrogen-bond acceptors (Lipinski definition) is 4. The maximum Gasteiger partial charge on any atom is 0.260 e. The minimum atomic E-state index is 0.0524. The normalized spacial score (nSPS) is 15.4. The summed E-state index contributed by atoms with van der Waals surface area (Å²) in [5.74, 6) is 2.03. The molecule has 5 heteroatoms. The van der Waals surface area contributed by atoms with E-state index in [0.717, 1.165) is 31.7 Å². The van der Waals surface area contributed by atoms with Gasteiger partial charge in [0.2, 0.25) is 0 Å². The lowest BCUT2D eigenvalue weighted by molar-refractivity contribution is -0.134. The molecule has 0 saturated carbocycles. The van der Waals surface area contributed by atoms with Gasteiger partial charge in [0.15, 0.2) is 6.61 Å². The van der Waals surface area contributed by atoms with Gasteiger partial charge in [-0.05, 0) is 53.3 Å². The molecule has 1 amide bonds. The number of thiophene rings is 1. The standard InChI is InChI=1S/C18H21NO3S/c1-21-16-3-2-4-17(11-16)22-12-18(20)19-8-5-14(6-9-19)15-7-10-23-13-15/h2-4,7,10-11,13-14H,5-6,8-9,12H2,1H3. The second-order valence-electron chi connectivity index (χ2n) is 5.68. The first kappa shape index (κ1) is 15.9. The average Bonchev–Trinajstić information content (AvgIpc) is 3.14. The van der Waals surface area contributed by atoms with Gasteiger partial charge in [-0.15, -0.1) is 0 Å². The predicted octanol–water partition coefficient (Wildman–Crippen LogP) is 3.54. The number of nitrogens with zero attached hydrogens (tertiary/aromatic N) is 1. The molecule has 0 aliphatic carbocycles. The Hall–Kier alpha value is -2.01. The minimum absolute atomic E-state index is 0.0524. The molecular formula is C18H21NO3S. The lowest BCUT2D eigenvalue weighted by atomic mass is 9.91. The molecule has 0 bridgehead atoms. The zero-order valence-electron chi connectivity index (χ0n) is 13.2. The SMILES string of the molecule is COc1cccc(OCC(=O)N2CCC(c3ccsc3)CC2)c1. The molecule has 0 radical (unpaired) electrons. The maximum absolute atomic E-state index is 12.3. The molecule has 1 fully saturated rings. The van der Waals surface area contributed by atoms with Crippen LogP contribution in [-0.4, -0.2) is 37.6 Å². The van der Waals surface area contributed by atoms with Crippen LogP contribution in [0.4, 0.5) is 0 Å². The summed E-state index contributed by atoms with van der Waals surface area (Å²) in [6.07, 6.45) is 2.06. The molecule has 0 unspecified atom stereocenters. The van der Waals surface area contributed by atoms with Crippen LogP contribution in [-0.2, 0) is 4.79 Å². The van der Waals surface area contributed by atoms with Crippen molar-refractivity contribution in [2.45, 2.75) is 18.8 Å². The summed E-state index contributed by atoms with van der Waals surface area (Å²) in [6.45, 7) is 1.69. The number of likely N-dealkylation sites (tertiary alicyclic amines) is 1. The molecule has 0 N–H and O–H groups in total. The van der Waals surface area contributed by atoms with Gasteiger partial charge < -0.3 is 14.4 Å². The Labute approximate surface area is 140 Å². The molecule has 122 valence electrons. The Morgan fingerprint density at radius 2 is 2.04 bits per heavy atom. The summed E-state index contributed by atoms with van der Waals surface area (Å²) in [6, 6.07) is 9.52. The molecule has 23 heavy (non-hydrogen) atoms. The van der Waals surface area contributed by atoms with E-state index < -0.39 is 0 Å². The van der Waals surface area contributed by atoms with Crippen molar-refractivity contribution in [3.8, 4) is 11.5 Å². The van der Waals surface area contributed by atoms with E-state index in [1.807, 2.05) is 23.1 Å². The van der Waals surface area contributed by atoms with E-state index in [1.54, 1.807) is 24.5 Å². The van der Waals surface area contributed by atoms with Gasteiger partial charge in [-0.1, -0.05) is 6.07 Å². The monoisotopic (exact) mass is 331 g/mol. The van der Waals surface area contributed by atoms with Gasteiger partial charge in [0, 0.05) is 19.2 Å². The van der Waals surface area contributed by atoms with E-state index in [0.29, 0.717) is 11.7 Å². The average molecular weight is 331 g/mol. The molecular weight excluding hydrogens is 310 g/mol. The zero-order valence-corrected chi connectivity index (χ0v) is 14.1. The molecule has 1 saturated heterocycles. The Morgan fingerprint density at radius 3 is 2.74 bits per heavy atom. The van der Waals surface area contributed by atoms with Gasteiger partial charge >= 0.3 is 0 Å². The maximum atomic E-state index is 12.3. The lowest BCUT2D eigenvalue weighted by Gasteiger charge is -2.31. The highest BCUT2D eigenvalue weighted by Gasteiger charge is 2.24. The zero-order chi connectivity index (χ0) is 16.1. The Morgan fingerprint density at radius 1 is 1.26 bits per heavy atom. The highest BCUT2D eigenvalue weighted by atomic mass is 32.1. The van der Waals surface area contributed by atoms with Crippen LogP contribution in [0.25, 0.3) is 0 Å². The summed E-state index contributed by atoms with van der Waals surface area (Å²) >= 11 is 1.74. The van der Waals surface area contributed by atoms with Crippen molar-refractivity contribution in [2.24, 2.45) is 0 Å². The molecule has 1 aliphatic rings. The molecule has 2 aromatic rings. The minimum Gasteiger partial charge on any atom is -0.497 e. The molecule has 0 spiro atoms. The number of carbonyl (C=O) groups is 1. The fraction of sp³-hybridized carbons (Fsp3) is 0.389. The van der Waals surface area contributed by atoms with Gasteiger partial charge in [0.1, 0.15) is 11.5 Å². The Balaban J connectivity index is 1.48. The quantitative estimate of drug-likeness (QED) is 0.841. The van der Waals surface area contributed by atoms with Crippen LogP contribution in [0.3, 0.4) is 0 Å². The molecule has 1 aliphatic heterocycles. The number of rotatable bonds is 5. The van der Waals surface area contributed by atoms with E-state index in [-0.39, 0.29) is 12.5 Å². The number of methoxy groups -OCH3 is 1. The summed E-state index contributed by atoms with van der Waals surface area (Å²) in [5, 5.41) is 4.34. The Kier molecular flexibility index (Phi) is 5.18. The Bertz CT molecular complexity index is 633. The summed E-state index contributed by atoms with van der Waals surface area (Å²) in [4.78, 5) is 14.2. The third kappa shape index (κ3) is 4.05. The summed E-state index contributed by atoms with van der Waals surface area (Å²) < 4.78 is 10.7. The van der Waals surface area contributed by atoms with Crippen molar-refractivity contribution >= 4 is 17.2 Å². The van der Waals surface area contributed by atoms with E-state index in [2.05, 4.69) is 16.8 Å². The smallest absolute Gasteiger partial charge is 0.260 e. The van der Waals surface area contributed by atoms with Crippen molar-refractivity contribution in [1.82, 2.24) is 4.90 Å². The van der Waals surface area contributed by atoms with Crippen LogP contribution in [0, 0.1) is 0 Å². The molecule has 1 aromatic heterocycles. The first-order valence-electron chi connectivity index (χ1n) is 7.83. The number of ether oxygens (including phenoxy) is 2. The van der Waals surface area contributed by atoms with Crippen LogP contribution >= 0.6 is 11.3 Å². The number of hydrogen-bond donors (Lipinski definition) is 0. The topological polar surface area (TPSA) is 38.8 Å². The van der Waals surface area contributed by atoms with Gasteiger partial charge in [-0.25, -0.2) is 0 Å². The van der Waals surface area contributed by atoms with Crippen LogP contribution in [0.1, 0.15) is 24.3 Å². The number of piperidine rings is 1. The van der Waals surface area contributed by atoms with E-state index in [1.165, 1.54) is 5.56 Å².